The predicted molar refractivity (Wildman–Crippen MR) is 62.8 cm³/mol. The Morgan fingerprint density at radius 1 is 1.29 bits per heavy atom. The van der Waals surface area contributed by atoms with Crippen molar-refractivity contribution in [2.75, 3.05) is 0 Å². The Kier molecular flexibility index (Phi) is 3.75. The van der Waals surface area contributed by atoms with E-state index >= 15 is 0 Å². The van der Waals surface area contributed by atoms with Gasteiger partial charge in [-0.2, -0.15) is 0 Å². The number of hydrogen-bond acceptors (Lipinski definition) is 1. The summed E-state index contributed by atoms with van der Waals surface area (Å²) >= 11 is 0. The first kappa shape index (κ1) is 10.8. The SMILES string of the molecule is C=C(N)c1ccc(CCC(C)C)cc1. The highest BCUT2D eigenvalue weighted by Gasteiger charge is 1.98. The van der Waals surface area contributed by atoms with Gasteiger partial charge in [-0.1, -0.05) is 44.7 Å². The summed E-state index contributed by atoms with van der Waals surface area (Å²) in [6.07, 6.45) is 2.39. The Bertz CT molecular complexity index is 296. The molecule has 0 fully saturated rings. The maximum atomic E-state index is 5.59. The second-order valence-corrected chi connectivity index (χ2v) is 4.15. The Balaban J connectivity index is 2.60. The van der Waals surface area contributed by atoms with Crippen molar-refractivity contribution in [3.05, 3.63) is 42.0 Å². The van der Waals surface area contributed by atoms with Gasteiger partial charge in [-0.15, -0.1) is 0 Å². The topological polar surface area (TPSA) is 26.0 Å². The quantitative estimate of drug-likeness (QED) is 0.773. The minimum Gasteiger partial charge on any atom is -0.399 e. The largest absolute Gasteiger partial charge is 0.399 e. The molecular weight excluding hydrogens is 170 g/mol. The molecule has 0 aliphatic rings. The monoisotopic (exact) mass is 189 g/mol. The van der Waals surface area contributed by atoms with Crippen molar-refractivity contribution in [3.63, 3.8) is 0 Å². The predicted octanol–water partition coefficient (Wildman–Crippen LogP) is 3.20. The standard InChI is InChI=1S/C13H19N/c1-10(2)4-5-12-6-8-13(9-7-12)11(3)14/h6-10H,3-5,14H2,1-2H3. The molecule has 1 aromatic carbocycles. The highest BCUT2D eigenvalue weighted by atomic mass is 14.6. The molecule has 1 rings (SSSR count). The van der Waals surface area contributed by atoms with Crippen LogP contribution in [-0.4, -0.2) is 0 Å². The minimum absolute atomic E-state index is 0.639. The third-order valence-corrected chi connectivity index (χ3v) is 2.34. The van der Waals surface area contributed by atoms with E-state index in [0.29, 0.717) is 5.70 Å². The zero-order chi connectivity index (χ0) is 10.6. The number of rotatable bonds is 4. The summed E-state index contributed by atoms with van der Waals surface area (Å²) < 4.78 is 0. The van der Waals surface area contributed by atoms with Gasteiger partial charge in [0.1, 0.15) is 0 Å². The molecule has 0 amide bonds. The Morgan fingerprint density at radius 2 is 1.86 bits per heavy atom. The van der Waals surface area contributed by atoms with E-state index in [1.807, 2.05) is 12.1 Å². The van der Waals surface area contributed by atoms with Crippen LogP contribution in [0.25, 0.3) is 5.70 Å². The maximum Gasteiger partial charge on any atom is 0.0314 e. The molecule has 2 N–H and O–H groups in total. The molecule has 76 valence electrons. The molecule has 0 heterocycles. The van der Waals surface area contributed by atoms with E-state index in [1.54, 1.807) is 0 Å². The van der Waals surface area contributed by atoms with Crippen LogP contribution in [0.5, 0.6) is 0 Å². The molecule has 0 aromatic heterocycles. The maximum absolute atomic E-state index is 5.59. The lowest BCUT2D eigenvalue weighted by Gasteiger charge is -2.05. The highest BCUT2D eigenvalue weighted by Crippen LogP contribution is 2.12. The molecule has 14 heavy (non-hydrogen) atoms. The molecule has 0 atom stereocenters. The summed E-state index contributed by atoms with van der Waals surface area (Å²) in [5.74, 6) is 0.763. The first-order valence-electron chi connectivity index (χ1n) is 5.13. The number of aryl methyl sites for hydroxylation is 1. The van der Waals surface area contributed by atoms with E-state index in [-0.39, 0.29) is 0 Å². The van der Waals surface area contributed by atoms with Crippen LogP contribution in [0, 0.1) is 5.92 Å². The molecule has 0 bridgehead atoms. The fourth-order valence-corrected chi connectivity index (χ4v) is 1.34. The van der Waals surface area contributed by atoms with Crippen molar-refractivity contribution in [2.45, 2.75) is 26.7 Å². The average Bonchev–Trinajstić information content (AvgIpc) is 2.15. The molecule has 0 saturated carbocycles. The summed E-state index contributed by atoms with van der Waals surface area (Å²) in [7, 11) is 0. The second-order valence-electron chi connectivity index (χ2n) is 4.15. The first-order chi connectivity index (χ1) is 6.59. The Labute approximate surface area is 86.6 Å². The summed E-state index contributed by atoms with van der Waals surface area (Å²) in [4.78, 5) is 0. The van der Waals surface area contributed by atoms with Gasteiger partial charge in [-0.05, 0) is 29.9 Å². The van der Waals surface area contributed by atoms with E-state index in [1.165, 1.54) is 12.0 Å². The van der Waals surface area contributed by atoms with Gasteiger partial charge in [0.15, 0.2) is 0 Å². The van der Waals surface area contributed by atoms with Crippen molar-refractivity contribution < 1.29 is 0 Å². The lowest BCUT2D eigenvalue weighted by molar-refractivity contribution is 0.587. The molecular formula is C13H19N. The average molecular weight is 189 g/mol. The Hall–Kier alpha value is -1.24. The van der Waals surface area contributed by atoms with Crippen LogP contribution >= 0.6 is 0 Å². The second kappa shape index (κ2) is 4.85. The smallest absolute Gasteiger partial charge is 0.0314 e. The normalized spacial score (nSPS) is 10.5. The molecule has 0 radical (unpaired) electrons. The fourth-order valence-electron chi connectivity index (χ4n) is 1.34. The van der Waals surface area contributed by atoms with Crippen molar-refractivity contribution in [3.8, 4) is 0 Å². The fraction of sp³-hybridized carbons (Fsp3) is 0.385. The number of nitrogens with two attached hydrogens (primary N) is 1. The number of benzene rings is 1. The van der Waals surface area contributed by atoms with Crippen molar-refractivity contribution >= 4 is 5.70 Å². The molecule has 1 nitrogen and oxygen atoms in total. The molecule has 0 aliphatic carbocycles. The van der Waals surface area contributed by atoms with Crippen LogP contribution in [0.4, 0.5) is 0 Å². The van der Waals surface area contributed by atoms with E-state index in [9.17, 15) is 0 Å². The van der Waals surface area contributed by atoms with Gasteiger partial charge in [-0.3, -0.25) is 0 Å². The van der Waals surface area contributed by atoms with Gasteiger partial charge in [0.2, 0.25) is 0 Å². The molecule has 0 aliphatic heterocycles. The third kappa shape index (κ3) is 3.25. The van der Waals surface area contributed by atoms with Crippen molar-refractivity contribution in [1.29, 1.82) is 0 Å². The summed E-state index contributed by atoms with van der Waals surface area (Å²) in [6, 6.07) is 8.35. The van der Waals surface area contributed by atoms with Crippen LogP contribution in [0.15, 0.2) is 30.8 Å². The summed E-state index contributed by atoms with van der Waals surface area (Å²) in [5.41, 5.74) is 8.64. The highest BCUT2D eigenvalue weighted by molar-refractivity contribution is 5.60. The van der Waals surface area contributed by atoms with Crippen LogP contribution in [0.2, 0.25) is 0 Å². The van der Waals surface area contributed by atoms with E-state index in [0.717, 1.165) is 17.9 Å². The molecule has 1 heteroatoms. The molecule has 0 spiro atoms. The van der Waals surface area contributed by atoms with Gasteiger partial charge < -0.3 is 5.73 Å². The molecule has 0 unspecified atom stereocenters. The Morgan fingerprint density at radius 3 is 2.29 bits per heavy atom. The van der Waals surface area contributed by atoms with Gasteiger partial charge in [0.25, 0.3) is 0 Å². The first-order valence-corrected chi connectivity index (χ1v) is 5.13. The van der Waals surface area contributed by atoms with Gasteiger partial charge in [0.05, 0.1) is 0 Å². The van der Waals surface area contributed by atoms with Gasteiger partial charge in [-0.25, -0.2) is 0 Å². The van der Waals surface area contributed by atoms with E-state index in [2.05, 4.69) is 32.6 Å². The lowest BCUT2D eigenvalue weighted by Crippen LogP contribution is -1.95. The van der Waals surface area contributed by atoms with Crippen molar-refractivity contribution in [1.82, 2.24) is 0 Å². The zero-order valence-corrected chi connectivity index (χ0v) is 9.09. The van der Waals surface area contributed by atoms with Crippen LogP contribution in [0.3, 0.4) is 0 Å². The summed E-state index contributed by atoms with van der Waals surface area (Å²) in [5, 5.41) is 0. The lowest BCUT2D eigenvalue weighted by atomic mass is 10.0. The van der Waals surface area contributed by atoms with Gasteiger partial charge >= 0.3 is 0 Å². The van der Waals surface area contributed by atoms with Crippen LogP contribution < -0.4 is 5.73 Å². The minimum atomic E-state index is 0.639. The van der Waals surface area contributed by atoms with E-state index < -0.39 is 0 Å². The van der Waals surface area contributed by atoms with Crippen molar-refractivity contribution in [2.24, 2.45) is 11.7 Å². The summed E-state index contributed by atoms with van der Waals surface area (Å²) in [6.45, 7) is 8.20. The van der Waals surface area contributed by atoms with Gasteiger partial charge in [0, 0.05) is 5.70 Å². The third-order valence-electron chi connectivity index (χ3n) is 2.34. The number of hydrogen-bond donors (Lipinski definition) is 1. The molecule has 0 saturated heterocycles. The molecule has 1 aromatic rings. The van der Waals surface area contributed by atoms with Crippen LogP contribution in [-0.2, 0) is 6.42 Å². The van der Waals surface area contributed by atoms with Crippen LogP contribution in [0.1, 0.15) is 31.4 Å². The van der Waals surface area contributed by atoms with E-state index in [4.69, 9.17) is 5.73 Å². The zero-order valence-electron chi connectivity index (χ0n) is 9.09.